The van der Waals surface area contributed by atoms with Gasteiger partial charge in [0.1, 0.15) is 11.6 Å². The maximum atomic E-state index is 12.6. The summed E-state index contributed by atoms with van der Waals surface area (Å²) >= 11 is 0. The zero-order valence-electron chi connectivity index (χ0n) is 15.2. The van der Waals surface area contributed by atoms with Crippen molar-refractivity contribution in [3.63, 3.8) is 0 Å². The number of hydrogen-bond acceptors (Lipinski definition) is 3. The molecule has 0 N–H and O–H groups in total. The van der Waals surface area contributed by atoms with E-state index in [1.165, 1.54) is 0 Å². The van der Waals surface area contributed by atoms with Gasteiger partial charge in [0.05, 0.1) is 18.1 Å². The van der Waals surface area contributed by atoms with E-state index in [9.17, 15) is 4.79 Å². The number of methoxy groups -OCH3 is 1. The second kappa shape index (κ2) is 6.83. The van der Waals surface area contributed by atoms with Crippen LogP contribution in [0.5, 0.6) is 5.75 Å². The van der Waals surface area contributed by atoms with Gasteiger partial charge in [0, 0.05) is 32.0 Å². The van der Waals surface area contributed by atoms with Gasteiger partial charge in [0.15, 0.2) is 0 Å². The van der Waals surface area contributed by atoms with Crippen molar-refractivity contribution in [2.45, 2.75) is 32.4 Å². The van der Waals surface area contributed by atoms with Crippen molar-refractivity contribution in [3.8, 4) is 5.75 Å². The zero-order valence-corrected chi connectivity index (χ0v) is 15.2. The van der Waals surface area contributed by atoms with Crippen molar-refractivity contribution in [1.29, 1.82) is 0 Å². The first-order valence-corrected chi connectivity index (χ1v) is 9.05. The number of hydrogen-bond donors (Lipinski definition) is 0. The van der Waals surface area contributed by atoms with E-state index in [2.05, 4.69) is 17.6 Å². The Hall–Kier alpha value is -2.82. The maximum Gasteiger partial charge on any atom is 0.223 e. The van der Waals surface area contributed by atoms with E-state index < -0.39 is 0 Å². The van der Waals surface area contributed by atoms with Gasteiger partial charge in [-0.2, -0.15) is 0 Å². The molecule has 134 valence electrons. The number of carbonyl (C=O) groups excluding carboxylic acids is 1. The van der Waals surface area contributed by atoms with Gasteiger partial charge in [0.2, 0.25) is 5.91 Å². The van der Waals surface area contributed by atoms with E-state index in [-0.39, 0.29) is 11.8 Å². The molecule has 5 nitrogen and oxygen atoms in total. The van der Waals surface area contributed by atoms with E-state index in [4.69, 9.17) is 9.72 Å². The van der Waals surface area contributed by atoms with E-state index in [0.29, 0.717) is 19.5 Å². The topological polar surface area (TPSA) is 47.4 Å². The third-order valence-corrected chi connectivity index (χ3v) is 5.11. The molecule has 1 saturated heterocycles. The minimum Gasteiger partial charge on any atom is -0.497 e. The fraction of sp³-hybridized carbons (Fsp3) is 0.333. The van der Waals surface area contributed by atoms with Crippen molar-refractivity contribution >= 4 is 16.9 Å². The molecule has 1 amide bonds. The van der Waals surface area contributed by atoms with E-state index in [1.807, 2.05) is 47.4 Å². The largest absolute Gasteiger partial charge is 0.497 e. The third-order valence-electron chi connectivity index (χ3n) is 5.11. The Morgan fingerprint density at radius 3 is 2.65 bits per heavy atom. The van der Waals surface area contributed by atoms with Gasteiger partial charge >= 0.3 is 0 Å². The highest BCUT2D eigenvalue weighted by atomic mass is 16.5. The number of likely N-dealkylation sites (tertiary alicyclic amines) is 1. The smallest absolute Gasteiger partial charge is 0.223 e. The number of ether oxygens (including phenoxy) is 1. The molecular weight excluding hydrogens is 326 g/mol. The van der Waals surface area contributed by atoms with Crippen molar-refractivity contribution in [2.24, 2.45) is 0 Å². The molecule has 1 aromatic heterocycles. The van der Waals surface area contributed by atoms with E-state index in [0.717, 1.165) is 34.7 Å². The number of para-hydroxylation sites is 2. The second-order valence-electron chi connectivity index (χ2n) is 6.73. The van der Waals surface area contributed by atoms with Gasteiger partial charge in [-0.3, -0.25) is 4.79 Å². The van der Waals surface area contributed by atoms with Crippen LogP contribution in [0.25, 0.3) is 11.0 Å². The Labute approximate surface area is 153 Å². The summed E-state index contributed by atoms with van der Waals surface area (Å²) in [6.45, 7) is 4.34. The number of fused-ring (bicyclic) bond motifs is 1. The van der Waals surface area contributed by atoms with Crippen molar-refractivity contribution < 1.29 is 9.53 Å². The molecule has 2 aromatic carbocycles. The minimum atomic E-state index is 0.146. The van der Waals surface area contributed by atoms with Crippen molar-refractivity contribution in [3.05, 3.63) is 59.9 Å². The Morgan fingerprint density at radius 1 is 1.15 bits per heavy atom. The second-order valence-corrected chi connectivity index (χ2v) is 6.73. The van der Waals surface area contributed by atoms with Crippen LogP contribution < -0.4 is 4.74 Å². The molecule has 1 fully saturated rings. The molecule has 3 aromatic rings. The number of amides is 1. The summed E-state index contributed by atoms with van der Waals surface area (Å²) in [7, 11) is 1.66. The number of aryl methyl sites for hydroxylation is 1. The fourth-order valence-corrected chi connectivity index (χ4v) is 3.79. The lowest BCUT2D eigenvalue weighted by atomic mass is 10.1. The maximum absolute atomic E-state index is 12.6. The lowest BCUT2D eigenvalue weighted by molar-refractivity contribution is -0.128. The van der Waals surface area contributed by atoms with Crippen LogP contribution in [0, 0.1) is 0 Å². The van der Waals surface area contributed by atoms with Gasteiger partial charge < -0.3 is 14.2 Å². The first-order chi connectivity index (χ1) is 12.7. The van der Waals surface area contributed by atoms with Crippen molar-refractivity contribution in [1.82, 2.24) is 14.5 Å². The lowest BCUT2D eigenvalue weighted by Crippen LogP contribution is -2.24. The summed E-state index contributed by atoms with van der Waals surface area (Å²) in [5.41, 5.74) is 3.26. The van der Waals surface area contributed by atoms with Crippen LogP contribution in [0.15, 0.2) is 48.5 Å². The first-order valence-electron chi connectivity index (χ1n) is 9.05. The van der Waals surface area contributed by atoms with Gasteiger partial charge in [0.25, 0.3) is 0 Å². The Balaban J connectivity index is 1.56. The average molecular weight is 349 g/mol. The third kappa shape index (κ3) is 2.94. The SMILES string of the molecule is CCn1c([C@H]2CC(=O)N(Cc3ccc(OC)cc3)C2)nc2ccccc21. The van der Waals surface area contributed by atoms with Gasteiger partial charge in [-0.05, 0) is 36.8 Å². The molecule has 1 aliphatic heterocycles. The van der Waals surface area contributed by atoms with Crippen LogP contribution in [-0.2, 0) is 17.9 Å². The molecule has 4 rings (SSSR count). The minimum absolute atomic E-state index is 0.146. The number of imidazole rings is 1. The van der Waals surface area contributed by atoms with E-state index in [1.54, 1.807) is 7.11 Å². The lowest BCUT2D eigenvalue weighted by Gasteiger charge is -2.17. The standard InChI is InChI=1S/C21H23N3O2/c1-3-24-19-7-5-4-6-18(19)22-21(24)16-12-20(25)23(14-16)13-15-8-10-17(26-2)11-9-15/h4-11,16H,3,12-14H2,1-2H3/t16-/m0/s1. The molecule has 0 unspecified atom stereocenters. The van der Waals surface area contributed by atoms with E-state index >= 15 is 0 Å². The summed E-state index contributed by atoms with van der Waals surface area (Å²) in [6, 6.07) is 16.1. The molecular formula is C21H23N3O2. The number of benzene rings is 2. The highest BCUT2D eigenvalue weighted by molar-refractivity contribution is 5.81. The molecule has 0 aliphatic carbocycles. The molecule has 0 spiro atoms. The zero-order chi connectivity index (χ0) is 18.1. The molecule has 2 heterocycles. The van der Waals surface area contributed by atoms with Crippen LogP contribution in [0.4, 0.5) is 0 Å². The normalized spacial score (nSPS) is 17.2. The molecule has 0 radical (unpaired) electrons. The molecule has 1 aliphatic rings. The van der Waals surface area contributed by atoms with Crippen LogP contribution in [0.2, 0.25) is 0 Å². The van der Waals surface area contributed by atoms with Crippen LogP contribution in [-0.4, -0.2) is 34.0 Å². The van der Waals surface area contributed by atoms with Crippen LogP contribution in [0.3, 0.4) is 0 Å². The van der Waals surface area contributed by atoms with Crippen molar-refractivity contribution in [2.75, 3.05) is 13.7 Å². The summed E-state index contributed by atoms with van der Waals surface area (Å²) in [5, 5.41) is 0. The summed E-state index contributed by atoms with van der Waals surface area (Å²) < 4.78 is 7.44. The molecule has 0 bridgehead atoms. The number of rotatable bonds is 5. The molecule has 26 heavy (non-hydrogen) atoms. The van der Waals surface area contributed by atoms with Crippen LogP contribution >= 0.6 is 0 Å². The number of carbonyl (C=O) groups is 1. The highest BCUT2D eigenvalue weighted by Gasteiger charge is 2.33. The van der Waals surface area contributed by atoms with Crippen LogP contribution in [0.1, 0.15) is 30.7 Å². The summed E-state index contributed by atoms with van der Waals surface area (Å²) in [4.78, 5) is 19.3. The molecule has 5 heteroatoms. The van der Waals surface area contributed by atoms with Gasteiger partial charge in [-0.1, -0.05) is 24.3 Å². The van der Waals surface area contributed by atoms with Gasteiger partial charge in [-0.25, -0.2) is 4.98 Å². The number of aromatic nitrogens is 2. The molecule has 0 saturated carbocycles. The quantitative estimate of drug-likeness (QED) is 0.707. The summed E-state index contributed by atoms with van der Waals surface area (Å²) in [6.07, 6.45) is 0.527. The summed E-state index contributed by atoms with van der Waals surface area (Å²) in [5.74, 6) is 2.20. The monoisotopic (exact) mass is 349 g/mol. The predicted octanol–water partition coefficient (Wildman–Crippen LogP) is 3.58. The number of nitrogens with zero attached hydrogens (tertiary/aromatic N) is 3. The predicted molar refractivity (Wildman–Crippen MR) is 101 cm³/mol. The molecule has 1 atom stereocenters. The Bertz CT molecular complexity index is 930. The first kappa shape index (κ1) is 16.6. The average Bonchev–Trinajstić information content (AvgIpc) is 3.22. The highest BCUT2D eigenvalue weighted by Crippen LogP contribution is 2.31. The Kier molecular flexibility index (Phi) is 4.37. The Morgan fingerprint density at radius 2 is 1.92 bits per heavy atom. The fourth-order valence-electron chi connectivity index (χ4n) is 3.79. The van der Waals surface area contributed by atoms with Gasteiger partial charge in [-0.15, -0.1) is 0 Å².